The van der Waals surface area contributed by atoms with E-state index in [2.05, 4.69) is 6.92 Å². The number of carbonyl (C=O) groups excluding carboxylic acids is 2. The van der Waals surface area contributed by atoms with Gasteiger partial charge in [-0.1, -0.05) is 37.6 Å². The highest BCUT2D eigenvalue weighted by molar-refractivity contribution is 6.08. The largest absolute Gasteiger partial charge is 0.469 e. The van der Waals surface area contributed by atoms with Gasteiger partial charge in [0.15, 0.2) is 0 Å². The van der Waals surface area contributed by atoms with Crippen molar-refractivity contribution in [2.24, 2.45) is 0 Å². The van der Waals surface area contributed by atoms with Gasteiger partial charge in [-0.2, -0.15) is 0 Å². The van der Waals surface area contributed by atoms with Crippen LogP contribution in [0.25, 0.3) is 0 Å². The highest BCUT2D eigenvalue weighted by Crippen LogP contribution is 2.30. The first-order valence-electron chi connectivity index (χ1n) is 8.56. The van der Waals surface area contributed by atoms with Crippen LogP contribution in [0.3, 0.4) is 0 Å². The molecule has 0 saturated heterocycles. The molecule has 0 N–H and O–H groups in total. The summed E-state index contributed by atoms with van der Waals surface area (Å²) >= 11 is 0. The summed E-state index contributed by atoms with van der Waals surface area (Å²) in [6.07, 6.45) is 3.65. The van der Waals surface area contributed by atoms with Crippen LogP contribution in [-0.4, -0.2) is 23.4 Å². The predicted molar refractivity (Wildman–Crippen MR) is 92.3 cm³/mol. The van der Waals surface area contributed by atoms with Gasteiger partial charge in [0.1, 0.15) is 0 Å². The van der Waals surface area contributed by atoms with Gasteiger partial charge in [0.2, 0.25) is 5.78 Å². The maximum Gasteiger partial charge on any atom is 0.314 e. The minimum absolute atomic E-state index is 0.00872. The number of carbonyl (C=O) groups is 2. The van der Waals surface area contributed by atoms with Crippen molar-refractivity contribution in [3.05, 3.63) is 58.9 Å². The zero-order valence-electron chi connectivity index (χ0n) is 14.2. The van der Waals surface area contributed by atoms with Gasteiger partial charge in [0, 0.05) is 17.8 Å². The summed E-state index contributed by atoms with van der Waals surface area (Å²) in [6, 6.07) is 11.5. The topological polar surface area (TPSA) is 48.3 Å². The Balaban J connectivity index is 1.96. The van der Waals surface area contributed by atoms with Crippen molar-refractivity contribution >= 4 is 11.8 Å². The van der Waals surface area contributed by atoms with Gasteiger partial charge in [-0.05, 0) is 37.0 Å². The molecule has 1 unspecified atom stereocenters. The fraction of sp³-hybridized carbons (Fsp3) is 0.400. The molecule has 1 atom stereocenters. The van der Waals surface area contributed by atoms with Crippen LogP contribution in [-0.2, 0) is 22.5 Å². The van der Waals surface area contributed by atoms with Gasteiger partial charge in [0.05, 0.1) is 18.7 Å². The van der Waals surface area contributed by atoms with Crippen molar-refractivity contribution in [2.75, 3.05) is 7.11 Å². The van der Waals surface area contributed by atoms with Crippen molar-refractivity contribution in [3.8, 4) is 0 Å². The van der Waals surface area contributed by atoms with Crippen LogP contribution in [0.4, 0.5) is 0 Å². The van der Waals surface area contributed by atoms with Gasteiger partial charge in [0.25, 0.3) is 0 Å². The molecule has 0 saturated carbocycles. The molecule has 1 aliphatic rings. The molecular formula is C20H23NO3. The molecule has 0 fully saturated rings. The lowest BCUT2D eigenvalue weighted by Gasteiger charge is -2.15. The number of fused-ring (bicyclic) bond motifs is 1. The molecule has 24 heavy (non-hydrogen) atoms. The molecule has 4 heteroatoms. The summed E-state index contributed by atoms with van der Waals surface area (Å²) < 4.78 is 6.95. The number of aryl methyl sites for hydroxylation is 1. The third-order valence-electron chi connectivity index (χ3n) is 4.84. The Bertz CT molecular complexity index is 743. The van der Waals surface area contributed by atoms with Crippen LogP contribution >= 0.6 is 0 Å². The monoisotopic (exact) mass is 325 g/mol. The fourth-order valence-electron chi connectivity index (χ4n) is 3.42. The second-order valence-electron chi connectivity index (χ2n) is 6.25. The van der Waals surface area contributed by atoms with Crippen LogP contribution in [0.2, 0.25) is 0 Å². The third kappa shape index (κ3) is 3.01. The number of ketones is 1. The Morgan fingerprint density at radius 2 is 1.88 bits per heavy atom. The molecular weight excluding hydrogens is 302 g/mol. The number of ether oxygens (including phenoxy) is 1. The van der Waals surface area contributed by atoms with Gasteiger partial charge >= 0.3 is 5.97 Å². The average Bonchev–Trinajstić information content (AvgIpc) is 2.92. The van der Waals surface area contributed by atoms with Crippen LogP contribution in [0.1, 0.15) is 59.4 Å². The first kappa shape index (κ1) is 16.5. The minimum atomic E-state index is -0.276. The highest BCUT2D eigenvalue weighted by atomic mass is 16.5. The normalized spacial score (nSPS) is 17.0. The first-order chi connectivity index (χ1) is 11.7. The molecule has 0 aliphatic carbocycles. The van der Waals surface area contributed by atoms with Gasteiger partial charge in [-0.3, -0.25) is 9.59 Å². The third-order valence-corrected chi connectivity index (χ3v) is 4.84. The lowest BCUT2D eigenvalue weighted by molar-refractivity contribution is -0.142. The van der Waals surface area contributed by atoms with E-state index in [0.717, 1.165) is 37.9 Å². The highest BCUT2D eigenvalue weighted by Gasteiger charge is 2.29. The Kier molecular flexibility index (Phi) is 4.84. The fourth-order valence-corrected chi connectivity index (χ4v) is 3.42. The SMILES string of the molecule is CCc1ccc(C(=O)c2ccc3n2CCCCC3C(=O)OC)cc1. The molecule has 2 heterocycles. The zero-order valence-corrected chi connectivity index (χ0v) is 14.2. The van der Waals surface area contributed by atoms with Crippen LogP contribution in [0, 0.1) is 0 Å². The van der Waals surface area contributed by atoms with Gasteiger partial charge in [-0.25, -0.2) is 0 Å². The molecule has 0 bridgehead atoms. The second-order valence-corrected chi connectivity index (χ2v) is 6.25. The average molecular weight is 325 g/mol. The summed E-state index contributed by atoms with van der Waals surface area (Å²) in [5.74, 6) is -0.488. The van der Waals surface area contributed by atoms with Gasteiger partial charge < -0.3 is 9.30 Å². The lowest BCUT2D eigenvalue weighted by atomic mass is 10.00. The summed E-state index contributed by atoms with van der Waals surface area (Å²) in [5, 5.41) is 0. The standard InChI is InChI=1S/C20H23NO3/c1-3-14-7-9-15(10-8-14)19(22)18-12-11-17-16(20(23)24-2)6-4-5-13-21(17)18/h7-12,16H,3-6,13H2,1-2H3. The predicted octanol–water partition coefficient (Wildman–Crippen LogP) is 3.72. The van der Waals surface area contributed by atoms with E-state index < -0.39 is 0 Å². The van der Waals surface area contributed by atoms with Crippen molar-refractivity contribution in [1.82, 2.24) is 4.57 Å². The maximum absolute atomic E-state index is 12.9. The van der Waals surface area contributed by atoms with Gasteiger partial charge in [-0.15, -0.1) is 0 Å². The lowest BCUT2D eigenvalue weighted by Crippen LogP contribution is -2.18. The van der Waals surface area contributed by atoms with E-state index in [-0.39, 0.29) is 17.7 Å². The quantitative estimate of drug-likeness (QED) is 0.636. The van der Waals surface area contributed by atoms with E-state index >= 15 is 0 Å². The van der Waals surface area contributed by atoms with E-state index in [4.69, 9.17) is 4.74 Å². The zero-order chi connectivity index (χ0) is 17.1. The molecule has 126 valence electrons. The Hall–Kier alpha value is -2.36. The number of nitrogens with zero attached hydrogens (tertiary/aromatic N) is 1. The summed E-state index contributed by atoms with van der Waals surface area (Å²) in [6.45, 7) is 2.86. The molecule has 0 amide bonds. The van der Waals surface area contributed by atoms with E-state index in [1.54, 1.807) is 0 Å². The molecule has 1 aromatic carbocycles. The molecule has 4 nitrogen and oxygen atoms in total. The number of esters is 1. The van der Waals surface area contributed by atoms with Crippen LogP contribution < -0.4 is 0 Å². The number of rotatable bonds is 4. The summed E-state index contributed by atoms with van der Waals surface area (Å²) in [5.41, 5.74) is 3.45. The smallest absolute Gasteiger partial charge is 0.314 e. The Labute approximate surface area is 142 Å². The molecule has 0 spiro atoms. The molecule has 2 aromatic rings. The van der Waals surface area contributed by atoms with E-state index in [9.17, 15) is 9.59 Å². The van der Waals surface area contributed by atoms with Crippen LogP contribution in [0.15, 0.2) is 36.4 Å². The number of benzene rings is 1. The van der Waals surface area contributed by atoms with Crippen molar-refractivity contribution in [1.29, 1.82) is 0 Å². The number of aromatic nitrogens is 1. The first-order valence-corrected chi connectivity index (χ1v) is 8.56. The number of hydrogen-bond acceptors (Lipinski definition) is 3. The molecule has 3 rings (SSSR count). The Morgan fingerprint density at radius 1 is 1.12 bits per heavy atom. The summed E-state index contributed by atoms with van der Waals surface area (Å²) in [4.78, 5) is 25.0. The summed E-state index contributed by atoms with van der Waals surface area (Å²) in [7, 11) is 1.42. The Morgan fingerprint density at radius 3 is 2.54 bits per heavy atom. The number of hydrogen-bond donors (Lipinski definition) is 0. The van der Waals surface area contributed by atoms with Crippen molar-refractivity contribution < 1.29 is 14.3 Å². The van der Waals surface area contributed by atoms with E-state index in [1.807, 2.05) is 41.0 Å². The molecule has 0 radical (unpaired) electrons. The second kappa shape index (κ2) is 7.04. The van der Waals surface area contributed by atoms with Crippen LogP contribution in [0.5, 0.6) is 0 Å². The maximum atomic E-state index is 12.9. The molecule has 1 aromatic heterocycles. The molecule has 1 aliphatic heterocycles. The van der Waals surface area contributed by atoms with Crippen molar-refractivity contribution in [2.45, 2.75) is 45.1 Å². The van der Waals surface area contributed by atoms with E-state index in [0.29, 0.717) is 11.3 Å². The number of methoxy groups -OCH3 is 1. The van der Waals surface area contributed by atoms with E-state index in [1.165, 1.54) is 12.7 Å². The van der Waals surface area contributed by atoms with Crippen molar-refractivity contribution in [3.63, 3.8) is 0 Å². The minimum Gasteiger partial charge on any atom is -0.469 e.